The predicted molar refractivity (Wildman–Crippen MR) is 112 cm³/mol. The Bertz CT molecular complexity index is 994. The number of anilines is 1. The molecule has 0 saturated heterocycles. The number of hydrogen-bond acceptors (Lipinski definition) is 4. The minimum absolute atomic E-state index is 0.233. The van der Waals surface area contributed by atoms with Gasteiger partial charge >= 0.3 is 0 Å². The van der Waals surface area contributed by atoms with Gasteiger partial charge in [0.15, 0.2) is 0 Å². The molecule has 3 aromatic rings. The molecule has 4 rings (SSSR count). The quantitative estimate of drug-likeness (QED) is 0.599. The minimum atomic E-state index is -0.233. The van der Waals surface area contributed by atoms with E-state index in [1.165, 1.54) is 0 Å². The Morgan fingerprint density at radius 2 is 1.83 bits per heavy atom. The summed E-state index contributed by atoms with van der Waals surface area (Å²) in [4.78, 5) is 13.2. The fourth-order valence-electron chi connectivity index (χ4n) is 3.24. The Morgan fingerprint density at radius 3 is 2.52 bits per heavy atom. The summed E-state index contributed by atoms with van der Waals surface area (Å²) in [5, 5.41) is 7.70. The summed E-state index contributed by atoms with van der Waals surface area (Å²) in [6, 6.07) is 17.1. The highest BCUT2D eigenvalue weighted by molar-refractivity contribution is 6.04. The molecule has 0 spiro atoms. The van der Waals surface area contributed by atoms with Crippen LogP contribution in [0.25, 0.3) is 5.69 Å². The maximum Gasteiger partial charge on any atom is 0.274 e. The normalized spacial score (nSPS) is 13.2. The molecule has 6 nitrogen and oxygen atoms in total. The average molecular weight is 391 g/mol. The van der Waals surface area contributed by atoms with E-state index < -0.39 is 0 Å². The van der Waals surface area contributed by atoms with Gasteiger partial charge in [0.25, 0.3) is 5.91 Å². The lowest BCUT2D eigenvalue weighted by Gasteiger charge is -2.14. The molecule has 1 heterocycles. The van der Waals surface area contributed by atoms with Crippen molar-refractivity contribution in [2.45, 2.75) is 32.6 Å². The molecule has 1 saturated carbocycles. The van der Waals surface area contributed by atoms with Gasteiger partial charge in [-0.05, 0) is 57.0 Å². The number of benzene rings is 2. The summed E-state index contributed by atoms with van der Waals surface area (Å²) in [5.74, 6) is 1.51. The second-order valence-corrected chi connectivity index (χ2v) is 6.95. The molecule has 1 amide bonds. The summed E-state index contributed by atoms with van der Waals surface area (Å²) in [5.41, 5.74) is 2.91. The summed E-state index contributed by atoms with van der Waals surface area (Å²) in [6.45, 7) is 4.89. The lowest BCUT2D eigenvalue weighted by atomic mass is 10.2. The van der Waals surface area contributed by atoms with Crippen molar-refractivity contribution in [1.29, 1.82) is 0 Å². The number of ether oxygens (including phenoxy) is 2. The summed E-state index contributed by atoms with van der Waals surface area (Å²) >= 11 is 0. The largest absolute Gasteiger partial charge is 0.494 e. The molecular weight excluding hydrogens is 366 g/mol. The van der Waals surface area contributed by atoms with E-state index in [-0.39, 0.29) is 5.91 Å². The molecule has 1 aliphatic carbocycles. The zero-order valence-electron chi connectivity index (χ0n) is 16.7. The lowest BCUT2D eigenvalue weighted by molar-refractivity contribution is 0.101. The number of para-hydroxylation sites is 1. The van der Waals surface area contributed by atoms with Crippen LogP contribution in [0, 0.1) is 0 Å². The van der Waals surface area contributed by atoms with Crippen molar-refractivity contribution < 1.29 is 14.3 Å². The standard InChI is InChI=1S/C23H25N3O3/c1-3-28-18-12-13-22(29-4-2)20(14-18)24-23(27)21-15-19(16-10-11-16)25-26(21)17-8-6-5-7-9-17/h5-9,12-16H,3-4,10-11H2,1-2H3,(H,24,27). The number of nitrogens with zero attached hydrogens (tertiary/aromatic N) is 2. The zero-order valence-corrected chi connectivity index (χ0v) is 16.7. The number of aromatic nitrogens is 2. The summed E-state index contributed by atoms with van der Waals surface area (Å²) < 4.78 is 13.0. The molecule has 0 radical (unpaired) electrons. The van der Waals surface area contributed by atoms with Crippen LogP contribution in [-0.4, -0.2) is 28.9 Å². The van der Waals surface area contributed by atoms with Crippen LogP contribution in [0.15, 0.2) is 54.6 Å². The molecule has 150 valence electrons. The van der Waals surface area contributed by atoms with Crippen molar-refractivity contribution in [3.8, 4) is 17.2 Å². The van der Waals surface area contributed by atoms with Gasteiger partial charge in [-0.15, -0.1) is 0 Å². The van der Waals surface area contributed by atoms with E-state index in [1.807, 2.05) is 62.4 Å². The third-order valence-corrected chi connectivity index (χ3v) is 4.77. The summed E-state index contributed by atoms with van der Waals surface area (Å²) in [7, 11) is 0. The van der Waals surface area contributed by atoms with Gasteiger partial charge in [0.2, 0.25) is 0 Å². The topological polar surface area (TPSA) is 65.4 Å². The number of hydrogen-bond donors (Lipinski definition) is 1. The smallest absolute Gasteiger partial charge is 0.274 e. The molecule has 2 aromatic carbocycles. The Balaban J connectivity index is 1.67. The molecule has 6 heteroatoms. The van der Waals surface area contributed by atoms with Crippen molar-refractivity contribution in [1.82, 2.24) is 9.78 Å². The van der Waals surface area contributed by atoms with Gasteiger partial charge in [-0.25, -0.2) is 4.68 Å². The molecule has 0 aliphatic heterocycles. The van der Waals surface area contributed by atoms with E-state index in [0.717, 1.165) is 24.2 Å². The molecular formula is C23H25N3O3. The number of amides is 1. The van der Waals surface area contributed by atoms with Crippen molar-refractivity contribution >= 4 is 11.6 Å². The van der Waals surface area contributed by atoms with Gasteiger partial charge in [0.05, 0.1) is 30.3 Å². The monoisotopic (exact) mass is 391 g/mol. The molecule has 1 N–H and O–H groups in total. The van der Waals surface area contributed by atoms with E-state index in [4.69, 9.17) is 14.6 Å². The lowest BCUT2D eigenvalue weighted by Crippen LogP contribution is -2.17. The maximum absolute atomic E-state index is 13.2. The van der Waals surface area contributed by atoms with Gasteiger partial charge in [-0.3, -0.25) is 4.79 Å². The van der Waals surface area contributed by atoms with Crippen LogP contribution in [0.5, 0.6) is 11.5 Å². The Morgan fingerprint density at radius 1 is 1.07 bits per heavy atom. The highest BCUT2D eigenvalue weighted by Crippen LogP contribution is 2.40. The van der Waals surface area contributed by atoms with Gasteiger partial charge in [-0.1, -0.05) is 18.2 Å². The first-order valence-corrected chi connectivity index (χ1v) is 10.1. The van der Waals surface area contributed by atoms with Crippen LogP contribution in [0.1, 0.15) is 48.8 Å². The zero-order chi connectivity index (χ0) is 20.2. The molecule has 1 fully saturated rings. The second-order valence-electron chi connectivity index (χ2n) is 6.95. The third kappa shape index (κ3) is 4.26. The van der Waals surface area contributed by atoms with E-state index in [1.54, 1.807) is 10.7 Å². The number of carbonyl (C=O) groups excluding carboxylic acids is 1. The minimum Gasteiger partial charge on any atom is -0.494 e. The van der Waals surface area contributed by atoms with E-state index in [2.05, 4.69) is 5.32 Å². The Hall–Kier alpha value is -3.28. The molecule has 0 unspecified atom stereocenters. The Labute approximate surface area is 170 Å². The van der Waals surface area contributed by atoms with Crippen molar-refractivity contribution in [3.05, 3.63) is 66.0 Å². The fraction of sp³-hybridized carbons (Fsp3) is 0.304. The molecule has 0 atom stereocenters. The van der Waals surface area contributed by atoms with E-state index >= 15 is 0 Å². The van der Waals surface area contributed by atoms with E-state index in [0.29, 0.717) is 42.0 Å². The first-order chi connectivity index (χ1) is 14.2. The maximum atomic E-state index is 13.2. The molecule has 0 bridgehead atoms. The van der Waals surface area contributed by atoms with Gasteiger partial charge < -0.3 is 14.8 Å². The number of rotatable bonds is 8. The second kappa shape index (κ2) is 8.39. The van der Waals surface area contributed by atoms with Crippen LogP contribution >= 0.6 is 0 Å². The number of nitrogens with one attached hydrogen (secondary N) is 1. The highest BCUT2D eigenvalue weighted by Gasteiger charge is 2.29. The van der Waals surface area contributed by atoms with Crippen LogP contribution in [0.4, 0.5) is 5.69 Å². The van der Waals surface area contributed by atoms with Crippen LogP contribution in [0.2, 0.25) is 0 Å². The van der Waals surface area contributed by atoms with Crippen LogP contribution in [-0.2, 0) is 0 Å². The van der Waals surface area contributed by atoms with Gasteiger partial charge in [0, 0.05) is 12.0 Å². The fourth-order valence-corrected chi connectivity index (χ4v) is 3.24. The van der Waals surface area contributed by atoms with Gasteiger partial charge in [0.1, 0.15) is 17.2 Å². The first kappa shape index (κ1) is 19.1. The predicted octanol–water partition coefficient (Wildman–Crippen LogP) is 4.80. The average Bonchev–Trinajstić information content (AvgIpc) is 3.49. The number of carbonyl (C=O) groups is 1. The van der Waals surface area contributed by atoms with Crippen molar-refractivity contribution in [3.63, 3.8) is 0 Å². The molecule has 1 aliphatic rings. The first-order valence-electron chi connectivity index (χ1n) is 10.1. The van der Waals surface area contributed by atoms with E-state index in [9.17, 15) is 4.79 Å². The van der Waals surface area contributed by atoms with Gasteiger partial charge in [-0.2, -0.15) is 5.10 Å². The SMILES string of the molecule is CCOc1ccc(OCC)c(NC(=O)c2cc(C3CC3)nn2-c2ccccc2)c1. The highest BCUT2D eigenvalue weighted by atomic mass is 16.5. The van der Waals surface area contributed by atoms with Crippen molar-refractivity contribution in [2.24, 2.45) is 0 Å². The molecule has 29 heavy (non-hydrogen) atoms. The van der Waals surface area contributed by atoms with Crippen LogP contribution in [0.3, 0.4) is 0 Å². The Kier molecular flexibility index (Phi) is 5.51. The third-order valence-electron chi connectivity index (χ3n) is 4.77. The van der Waals surface area contributed by atoms with Crippen LogP contribution < -0.4 is 14.8 Å². The summed E-state index contributed by atoms with van der Waals surface area (Å²) in [6.07, 6.45) is 2.25. The van der Waals surface area contributed by atoms with Crippen molar-refractivity contribution in [2.75, 3.05) is 18.5 Å². The molecule has 1 aromatic heterocycles.